The number of ether oxygens (including phenoxy) is 1. The van der Waals surface area contributed by atoms with Crippen molar-refractivity contribution in [3.05, 3.63) is 0 Å². The van der Waals surface area contributed by atoms with E-state index in [4.69, 9.17) is 11.6 Å². The zero-order valence-corrected chi connectivity index (χ0v) is 5.93. The number of carbonyl (C=O) groups is 2. The molecule has 0 unspecified atom stereocenters. The van der Waals surface area contributed by atoms with Crippen LogP contribution in [0.2, 0.25) is 0 Å². The normalized spacial score (nSPS) is 8.50. The van der Waals surface area contributed by atoms with Gasteiger partial charge in [-0.3, -0.25) is 9.59 Å². The predicted molar refractivity (Wildman–Crippen MR) is 36.2 cm³/mol. The van der Waals surface area contributed by atoms with Crippen LogP contribution in [0.4, 0.5) is 0 Å². The maximum absolute atomic E-state index is 10.3. The largest absolute Gasteiger partial charge is 0.455 e. The van der Waals surface area contributed by atoms with E-state index in [1.54, 1.807) is 0 Å². The molecule has 56 valence electrons. The molecule has 0 aromatic heterocycles. The third-order valence-electron chi connectivity index (χ3n) is 0.642. The van der Waals surface area contributed by atoms with Gasteiger partial charge in [-0.25, -0.2) is 4.99 Å². The van der Waals surface area contributed by atoms with Crippen molar-refractivity contribution < 1.29 is 14.3 Å². The molecule has 0 saturated carbocycles. The van der Waals surface area contributed by atoms with Crippen LogP contribution in [0.3, 0.4) is 0 Å². The number of halogens is 1. The lowest BCUT2D eigenvalue weighted by Gasteiger charge is -1.95. The van der Waals surface area contributed by atoms with Crippen molar-refractivity contribution in [1.29, 1.82) is 0 Å². The van der Waals surface area contributed by atoms with Crippen molar-refractivity contribution in [2.45, 2.75) is 0 Å². The summed E-state index contributed by atoms with van der Waals surface area (Å²) in [4.78, 5) is 23.5. The zero-order valence-electron chi connectivity index (χ0n) is 5.17. The molecule has 4 nitrogen and oxygen atoms in total. The first-order valence-corrected chi connectivity index (χ1v) is 2.95. The third kappa shape index (κ3) is 4.03. The fourth-order valence-electron chi connectivity index (χ4n) is 0.226. The predicted octanol–water partition coefficient (Wildman–Crippen LogP) is -0.00440. The lowest BCUT2D eigenvalue weighted by atomic mass is 10.6. The molecule has 0 radical (unpaired) electrons. The number of alkyl halides is 1. The summed E-state index contributed by atoms with van der Waals surface area (Å²) in [6.07, 6.45) is 0. The molecule has 0 atom stereocenters. The van der Waals surface area contributed by atoms with E-state index < -0.39 is 11.9 Å². The van der Waals surface area contributed by atoms with Gasteiger partial charge in [0.2, 0.25) is 0 Å². The van der Waals surface area contributed by atoms with E-state index in [0.717, 1.165) is 0 Å². The minimum absolute atomic E-state index is 0.260. The summed E-state index contributed by atoms with van der Waals surface area (Å²) < 4.78 is 4.29. The number of nitrogens with zero attached hydrogens (tertiary/aromatic N) is 1. The van der Waals surface area contributed by atoms with Gasteiger partial charge in [-0.15, -0.1) is 11.6 Å². The molecule has 0 aromatic carbocycles. The summed E-state index contributed by atoms with van der Waals surface area (Å²) >= 11 is 5.05. The number of aliphatic imine (C=N–C) groups is 1. The number of hydrogen-bond acceptors (Lipinski definition) is 3. The van der Waals surface area contributed by atoms with Crippen LogP contribution in [0.25, 0.3) is 0 Å². The molecule has 0 rings (SSSR count). The van der Waals surface area contributed by atoms with E-state index in [1.807, 2.05) is 0 Å². The Morgan fingerprint density at radius 3 is 2.60 bits per heavy atom. The number of rotatable bonds is 3. The standard InChI is InChI=1S/C5H6ClNO3/c1-7-4(8)3-10-5(9)2-6/h1-3H2. The maximum atomic E-state index is 10.3. The maximum Gasteiger partial charge on any atom is 0.321 e. The minimum atomic E-state index is -0.640. The summed E-state index contributed by atoms with van der Waals surface area (Å²) in [5, 5.41) is 0. The molecule has 0 spiro atoms. The van der Waals surface area contributed by atoms with E-state index in [-0.39, 0.29) is 12.5 Å². The molecule has 0 fully saturated rings. The Hall–Kier alpha value is -0.900. The molecular weight excluding hydrogens is 158 g/mol. The zero-order chi connectivity index (χ0) is 7.98. The van der Waals surface area contributed by atoms with Crippen LogP contribution in [0.15, 0.2) is 4.99 Å². The highest BCUT2D eigenvalue weighted by atomic mass is 35.5. The van der Waals surface area contributed by atoms with Gasteiger partial charge in [-0.1, -0.05) is 0 Å². The second-order valence-corrected chi connectivity index (χ2v) is 1.61. The average molecular weight is 164 g/mol. The van der Waals surface area contributed by atoms with Crippen LogP contribution < -0.4 is 0 Å². The first kappa shape index (κ1) is 9.10. The van der Waals surface area contributed by atoms with E-state index in [1.165, 1.54) is 0 Å². The number of amides is 1. The molecule has 0 aliphatic heterocycles. The van der Waals surface area contributed by atoms with Crippen molar-refractivity contribution >= 4 is 30.2 Å². The first-order valence-electron chi connectivity index (χ1n) is 2.42. The molecule has 0 bridgehead atoms. The Balaban J connectivity index is 3.44. The lowest BCUT2D eigenvalue weighted by Crippen LogP contribution is -2.12. The summed E-state index contributed by atoms with van der Waals surface area (Å²) in [6.45, 7) is 2.56. The molecule has 5 heteroatoms. The van der Waals surface area contributed by atoms with Crippen molar-refractivity contribution in [3.8, 4) is 0 Å². The van der Waals surface area contributed by atoms with Gasteiger partial charge < -0.3 is 4.74 Å². The molecule has 1 amide bonds. The SMILES string of the molecule is C=NC(=O)COC(=O)CCl. The van der Waals surface area contributed by atoms with E-state index in [2.05, 4.69) is 16.4 Å². The van der Waals surface area contributed by atoms with Gasteiger partial charge in [0.05, 0.1) is 0 Å². The Bertz CT molecular complexity index is 157. The Kier molecular flexibility index (Phi) is 4.49. The molecule has 0 N–H and O–H groups in total. The fraction of sp³-hybridized carbons (Fsp3) is 0.400. The fourth-order valence-corrected chi connectivity index (χ4v) is 0.304. The Labute approximate surface area is 62.8 Å². The van der Waals surface area contributed by atoms with Crippen molar-refractivity contribution in [2.75, 3.05) is 12.5 Å². The Morgan fingerprint density at radius 2 is 2.20 bits per heavy atom. The molecule has 0 aromatic rings. The molecule has 0 aliphatic rings. The quantitative estimate of drug-likeness (QED) is 0.334. The molecule has 10 heavy (non-hydrogen) atoms. The van der Waals surface area contributed by atoms with Crippen LogP contribution in [-0.4, -0.2) is 31.1 Å². The van der Waals surface area contributed by atoms with E-state index in [9.17, 15) is 9.59 Å². The highest BCUT2D eigenvalue weighted by Gasteiger charge is 2.02. The topological polar surface area (TPSA) is 55.7 Å². The summed E-state index contributed by atoms with van der Waals surface area (Å²) in [6, 6.07) is 0. The van der Waals surface area contributed by atoms with Gasteiger partial charge in [-0.2, -0.15) is 0 Å². The lowest BCUT2D eigenvalue weighted by molar-refractivity contribution is -0.145. The van der Waals surface area contributed by atoms with Crippen LogP contribution in [0.5, 0.6) is 0 Å². The van der Waals surface area contributed by atoms with Crippen molar-refractivity contribution in [3.63, 3.8) is 0 Å². The van der Waals surface area contributed by atoms with E-state index in [0.29, 0.717) is 0 Å². The Morgan fingerprint density at radius 1 is 1.60 bits per heavy atom. The van der Waals surface area contributed by atoms with Crippen LogP contribution >= 0.6 is 11.6 Å². The molecule has 0 heterocycles. The van der Waals surface area contributed by atoms with Crippen LogP contribution in [-0.2, 0) is 14.3 Å². The monoisotopic (exact) mass is 163 g/mol. The number of hydrogen-bond donors (Lipinski definition) is 0. The number of carbonyl (C=O) groups excluding carboxylic acids is 2. The van der Waals surface area contributed by atoms with Gasteiger partial charge >= 0.3 is 5.97 Å². The molecule has 0 aliphatic carbocycles. The third-order valence-corrected chi connectivity index (χ3v) is 0.860. The van der Waals surface area contributed by atoms with Crippen molar-refractivity contribution in [2.24, 2.45) is 4.99 Å². The van der Waals surface area contributed by atoms with Crippen LogP contribution in [0.1, 0.15) is 0 Å². The van der Waals surface area contributed by atoms with Gasteiger partial charge in [0.25, 0.3) is 5.91 Å². The summed E-state index contributed by atoms with van der Waals surface area (Å²) in [7, 11) is 0. The molecule has 0 saturated heterocycles. The second-order valence-electron chi connectivity index (χ2n) is 1.35. The minimum Gasteiger partial charge on any atom is -0.455 e. The van der Waals surface area contributed by atoms with Crippen molar-refractivity contribution in [1.82, 2.24) is 0 Å². The summed E-state index contributed by atoms with van der Waals surface area (Å²) in [5.74, 6) is -1.48. The highest BCUT2D eigenvalue weighted by molar-refractivity contribution is 6.26. The number of esters is 1. The average Bonchev–Trinajstić information content (AvgIpc) is 1.99. The van der Waals surface area contributed by atoms with Gasteiger partial charge in [0, 0.05) is 0 Å². The van der Waals surface area contributed by atoms with Gasteiger partial charge in [0.1, 0.15) is 5.88 Å². The van der Waals surface area contributed by atoms with Gasteiger partial charge in [-0.05, 0) is 6.72 Å². The summed E-state index contributed by atoms with van der Waals surface area (Å²) in [5.41, 5.74) is 0. The van der Waals surface area contributed by atoms with Gasteiger partial charge in [0.15, 0.2) is 6.61 Å². The highest BCUT2D eigenvalue weighted by Crippen LogP contribution is 1.83. The van der Waals surface area contributed by atoms with E-state index >= 15 is 0 Å². The van der Waals surface area contributed by atoms with Crippen LogP contribution in [0, 0.1) is 0 Å². The first-order chi connectivity index (χ1) is 4.70. The molecular formula is C5H6ClNO3. The second kappa shape index (κ2) is 4.93. The smallest absolute Gasteiger partial charge is 0.321 e.